The summed E-state index contributed by atoms with van der Waals surface area (Å²) in [5.74, 6) is -2.06. The minimum atomic E-state index is -1.72. The van der Waals surface area contributed by atoms with E-state index >= 15 is 0 Å². The van der Waals surface area contributed by atoms with Crippen molar-refractivity contribution in [3.05, 3.63) is 71.8 Å². The lowest BCUT2D eigenvalue weighted by atomic mass is 9.99. The first kappa shape index (κ1) is 32.1. The van der Waals surface area contributed by atoms with E-state index in [0.29, 0.717) is 12.8 Å². The minimum absolute atomic E-state index is 0.0357. The van der Waals surface area contributed by atoms with Gasteiger partial charge in [0, 0.05) is 6.54 Å². The molecule has 11 nitrogen and oxygen atoms in total. The van der Waals surface area contributed by atoms with Crippen LogP contribution in [-0.4, -0.2) is 70.3 Å². The number of aliphatic hydroxyl groups excluding tert-OH is 1. The van der Waals surface area contributed by atoms with E-state index in [4.69, 9.17) is 9.47 Å². The van der Waals surface area contributed by atoms with Crippen LogP contribution in [0.3, 0.4) is 0 Å². The fourth-order valence-electron chi connectivity index (χ4n) is 4.59. The molecule has 0 bridgehead atoms. The maximum absolute atomic E-state index is 13.5. The molecular weight excluding hydrogens is 540 g/mol. The monoisotopic (exact) mass is 578 g/mol. The van der Waals surface area contributed by atoms with Crippen LogP contribution in [0.4, 0.5) is 4.79 Å². The molecule has 2 aromatic rings. The van der Waals surface area contributed by atoms with Crippen LogP contribution >= 0.6 is 0 Å². The Morgan fingerprint density at radius 2 is 1.64 bits per heavy atom. The Morgan fingerprint density at radius 1 is 1.02 bits per heavy atom. The first-order chi connectivity index (χ1) is 20.0. The van der Waals surface area contributed by atoms with Crippen LogP contribution < -0.4 is 10.6 Å². The number of nitrogens with one attached hydrogen (secondary N) is 2. The molecule has 0 aromatic heterocycles. The summed E-state index contributed by atoms with van der Waals surface area (Å²) in [7, 11) is 0. The molecule has 2 aromatic carbocycles. The number of hydrogen-bond acceptors (Lipinski definition) is 8. The maximum Gasteiger partial charge on any atom is 0.408 e. The van der Waals surface area contributed by atoms with Gasteiger partial charge in [-0.2, -0.15) is 5.26 Å². The molecule has 0 saturated carbocycles. The summed E-state index contributed by atoms with van der Waals surface area (Å²) in [4.78, 5) is 53.3. The fraction of sp³-hybridized carbons (Fsp3) is 0.452. The Balaban J connectivity index is 1.74. The Bertz CT molecular complexity index is 1260. The van der Waals surface area contributed by atoms with Gasteiger partial charge in [-0.05, 0) is 51.2 Å². The molecule has 11 heteroatoms. The van der Waals surface area contributed by atoms with Crippen molar-refractivity contribution in [1.82, 2.24) is 15.5 Å². The number of amides is 3. The highest BCUT2D eigenvalue weighted by atomic mass is 16.6. The van der Waals surface area contributed by atoms with Crippen molar-refractivity contribution in [3.8, 4) is 6.07 Å². The van der Waals surface area contributed by atoms with Gasteiger partial charge in [0.15, 0.2) is 6.10 Å². The molecule has 0 unspecified atom stereocenters. The lowest BCUT2D eigenvalue weighted by molar-refractivity contribution is -0.165. The fourth-order valence-corrected chi connectivity index (χ4v) is 4.59. The van der Waals surface area contributed by atoms with Crippen LogP contribution in [0, 0.1) is 11.3 Å². The van der Waals surface area contributed by atoms with E-state index in [1.807, 2.05) is 18.2 Å². The number of aliphatic hydroxyl groups is 1. The van der Waals surface area contributed by atoms with E-state index in [1.54, 1.807) is 69.3 Å². The van der Waals surface area contributed by atoms with E-state index in [0.717, 1.165) is 11.1 Å². The molecule has 224 valence electrons. The summed E-state index contributed by atoms with van der Waals surface area (Å²) >= 11 is 0. The average molecular weight is 579 g/mol. The van der Waals surface area contributed by atoms with Crippen molar-refractivity contribution in [2.24, 2.45) is 0 Å². The Kier molecular flexibility index (Phi) is 11.4. The lowest BCUT2D eigenvalue weighted by Crippen LogP contribution is -2.58. The number of benzene rings is 2. The maximum atomic E-state index is 13.5. The Hall–Kier alpha value is -4.43. The third-order valence-electron chi connectivity index (χ3n) is 6.59. The third kappa shape index (κ3) is 9.59. The number of carbonyl (C=O) groups excluding carboxylic acids is 4. The van der Waals surface area contributed by atoms with Crippen LogP contribution in [0.25, 0.3) is 0 Å². The lowest BCUT2D eigenvalue weighted by Gasteiger charge is -2.32. The normalized spacial score (nSPS) is 16.8. The predicted molar refractivity (Wildman–Crippen MR) is 152 cm³/mol. The molecular formula is C31H38N4O7. The molecule has 4 atom stereocenters. The van der Waals surface area contributed by atoms with Crippen molar-refractivity contribution in [2.45, 2.75) is 82.9 Å². The summed E-state index contributed by atoms with van der Waals surface area (Å²) in [6.07, 6.45) is -1.98. The second-order valence-corrected chi connectivity index (χ2v) is 11.1. The molecule has 1 saturated heterocycles. The zero-order valence-electron chi connectivity index (χ0n) is 24.1. The molecule has 3 N–H and O–H groups in total. The van der Waals surface area contributed by atoms with Crippen LogP contribution in [0.2, 0.25) is 0 Å². The van der Waals surface area contributed by atoms with Crippen molar-refractivity contribution < 1.29 is 33.8 Å². The van der Waals surface area contributed by atoms with Crippen LogP contribution in [0.15, 0.2) is 60.7 Å². The molecule has 1 aliphatic rings. The van der Waals surface area contributed by atoms with Crippen LogP contribution in [-0.2, 0) is 36.9 Å². The number of likely N-dealkylation sites (tertiary alicyclic amines) is 1. The predicted octanol–water partition coefficient (Wildman–Crippen LogP) is 2.62. The van der Waals surface area contributed by atoms with Gasteiger partial charge in [0.25, 0.3) is 5.91 Å². The summed E-state index contributed by atoms with van der Waals surface area (Å²) < 4.78 is 10.7. The zero-order valence-corrected chi connectivity index (χ0v) is 24.1. The Morgan fingerprint density at radius 3 is 2.24 bits per heavy atom. The number of hydrogen-bond donors (Lipinski definition) is 3. The summed E-state index contributed by atoms with van der Waals surface area (Å²) in [5, 5.41) is 25.6. The number of esters is 1. The van der Waals surface area contributed by atoms with Crippen molar-refractivity contribution in [2.75, 3.05) is 6.54 Å². The number of nitrogens with zero attached hydrogens (tertiary/aromatic N) is 2. The number of rotatable bonds is 11. The van der Waals surface area contributed by atoms with E-state index in [-0.39, 0.29) is 26.0 Å². The molecule has 0 spiro atoms. The van der Waals surface area contributed by atoms with Gasteiger partial charge in [-0.15, -0.1) is 0 Å². The highest BCUT2D eigenvalue weighted by molar-refractivity contribution is 5.90. The number of nitriles is 1. The van der Waals surface area contributed by atoms with Gasteiger partial charge in [-0.1, -0.05) is 60.7 Å². The highest BCUT2D eigenvalue weighted by Gasteiger charge is 2.41. The smallest absolute Gasteiger partial charge is 0.408 e. The minimum Gasteiger partial charge on any atom is -0.458 e. The third-order valence-corrected chi connectivity index (χ3v) is 6.59. The van der Waals surface area contributed by atoms with Crippen molar-refractivity contribution >= 4 is 23.9 Å². The average Bonchev–Trinajstić information content (AvgIpc) is 3.45. The molecule has 1 heterocycles. The Labute approximate surface area is 245 Å². The molecule has 1 aliphatic heterocycles. The summed E-state index contributed by atoms with van der Waals surface area (Å²) in [6.45, 7) is 5.41. The molecule has 3 amide bonds. The van der Waals surface area contributed by atoms with Gasteiger partial charge in [-0.3, -0.25) is 9.59 Å². The topological polar surface area (TPSA) is 158 Å². The van der Waals surface area contributed by atoms with Gasteiger partial charge in [-0.25, -0.2) is 9.59 Å². The highest BCUT2D eigenvalue weighted by Crippen LogP contribution is 2.23. The second kappa shape index (κ2) is 15.0. The van der Waals surface area contributed by atoms with Gasteiger partial charge in [0.05, 0.1) is 18.5 Å². The van der Waals surface area contributed by atoms with Gasteiger partial charge in [0.2, 0.25) is 5.91 Å². The quantitative estimate of drug-likeness (QED) is 0.343. The largest absolute Gasteiger partial charge is 0.458 e. The first-order valence-corrected chi connectivity index (χ1v) is 13.9. The number of ether oxygens (including phenoxy) is 2. The van der Waals surface area contributed by atoms with E-state index in [2.05, 4.69) is 10.6 Å². The zero-order chi connectivity index (χ0) is 30.7. The van der Waals surface area contributed by atoms with Crippen LogP contribution in [0.5, 0.6) is 0 Å². The van der Waals surface area contributed by atoms with Gasteiger partial charge >= 0.3 is 12.1 Å². The van der Waals surface area contributed by atoms with Gasteiger partial charge in [0.1, 0.15) is 24.3 Å². The molecule has 1 fully saturated rings. The van der Waals surface area contributed by atoms with E-state index in [9.17, 15) is 29.5 Å². The standard InChI is InChI=1S/C31H38N4O7/c1-31(2,3)42-29(39)25-15-10-18-35(25)28(38)26(36)24(19-21-11-6-4-7-12-21)33-27(37)23(16-17-32)34-30(40)41-20-22-13-8-5-9-14-22/h4-9,11-14,23-26,36H,10,15-16,18-20H2,1-3H3,(H,33,37)(H,34,40)/t23-,24-,25-,26-/m0/s1. The molecule has 3 rings (SSSR count). The first-order valence-electron chi connectivity index (χ1n) is 13.9. The number of alkyl carbamates (subject to hydrolysis) is 1. The van der Waals surface area contributed by atoms with Crippen molar-refractivity contribution in [3.63, 3.8) is 0 Å². The second-order valence-electron chi connectivity index (χ2n) is 11.1. The summed E-state index contributed by atoms with van der Waals surface area (Å²) in [5.41, 5.74) is 0.721. The van der Waals surface area contributed by atoms with Crippen LogP contribution in [0.1, 0.15) is 51.2 Å². The van der Waals surface area contributed by atoms with Gasteiger partial charge < -0.3 is 30.1 Å². The van der Waals surface area contributed by atoms with Crippen molar-refractivity contribution in [1.29, 1.82) is 5.26 Å². The summed E-state index contributed by atoms with van der Waals surface area (Å²) in [6, 6.07) is 16.5. The molecule has 42 heavy (non-hydrogen) atoms. The van der Waals surface area contributed by atoms with E-state index in [1.165, 1.54) is 4.90 Å². The van der Waals surface area contributed by atoms with E-state index < -0.39 is 53.7 Å². The SMILES string of the molecule is CC(C)(C)OC(=O)[C@@H]1CCCN1C(=O)[C@@H](O)[C@H](Cc1ccccc1)NC(=O)[C@H](CC#N)NC(=O)OCc1ccccc1. The number of carbonyl (C=O) groups is 4. The molecule has 0 aliphatic carbocycles. The molecule has 0 radical (unpaired) electrons.